The Labute approximate surface area is 102 Å². The normalized spacial score (nSPS) is 11.1. The second-order valence-corrected chi connectivity index (χ2v) is 4.43. The van der Waals surface area contributed by atoms with E-state index in [1.54, 1.807) is 0 Å². The zero-order valence-electron chi connectivity index (χ0n) is 11.0. The lowest BCUT2D eigenvalue weighted by Crippen LogP contribution is -1.99. The molecule has 2 rings (SSSR count). The molecule has 2 aromatic rings. The molecule has 2 heterocycles. The van der Waals surface area contributed by atoms with Gasteiger partial charge in [-0.05, 0) is 31.4 Å². The predicted octanol–water partition coefficient (Wildman–Crippen LogP) is 2.66. The van der Waals surface area contributed by atoms with E-state index in [0.717, 1.165) is 23.6 Å². The van der Waals surface area contributed by atoms with Crippen LogP contribution < -0.4 is 5.32 Å². The van der Waals surface area contributed by atoms with E-state index < -0.39 is 0 Å². The highest BCUT2D eigenvalue weighted by atomic mass is 15.3. The standard InChI is InChI=1S/C13H20N4/c1-5-6-7-10-8-11(14-3)15-13-12(10)9(2)16-17(13)4/h8H,5-7H2,1-4H3,(H,14,15). The highest BCUT2D eigenvalue weighted by Gasteiger charge is 2.12. The molecule has 0 saturated carbocycles. The molecule has 0 amide bonds. The number of fused-ring (bicyclic) bond motifs is 1. The molecule has 0 saturated heterocycles. The lowest BCUT2D eigenvalue weighted by Gasteiger charge is -2.07. The summed E-state index contributed by atoms with van der Waals surface area (Å²) >= 11 is 0. The fourth-order valence-electron chi connectivity index (χ4n) is 2.23. The third-order valence-corrected chi connectivity index (χ3v) is 3.11. The highest BCUT2D eigenvalue weighted by molar-refractivity contribution is 5.84. The Morgan fingerprint density at radius 1 is 1.41 bits per heavy atom. The number of aryl methyl sites for hydroxylation is 3. The van der Waals surface area contributed by atoms with Crippen LogP contribution in [0.3, 0.4) is 0 Å². The molecule has 0 aromatic carbocycles. The van der Waals surface area contributed by atoms with Gasteiger partial charge in [0, 0.05) is 19.5 Å². The lowest BCUT2D eigenvalue weighted by atomic mass is 10.0. The van der Waals surface area contributed by atoms with Gasteiger partial charge in [0.15, 0.2) is 5.65 Å². The number of rotatable bonds is 4. The highest BCUT2D eigenvalue weighted by Crippen LogP contribution is 2.24. The molecule has 0 atom stereocenters. The van der Waals surface area contributed by atoms with Crippen molar-refractivity contribution in [2.45, 2.75) is 33.1 Å². The van der Waals surface area contributed by atoms with Crippen LogP contribution in [0.4, 0.5) is 5.82 Å². The Hall–Kier alpha value is -1.58. The number of pyridine rings is 1. The van der Waals surface area contributed by atoms with Gasteiger partial charge < -0.3 is 5.32 Å². The third kappa shape index (κ3) is 2.12. The van der Waals surface area contributed by atoms with Gasteiger partial charge in [0.25, 0.3) is 0 Å². The van der Waals surface area contributed by atoms with Gasteiger partial charge in [-0.2, -0.15) is 5.10 Å². The maximum absolute atomic E-state index is 4.57. The molecule has 0 radical (unpaired) electrons. The van der Waals surface area contributed by atoms with Crippen LogP contribution in [-0.2, 0) is 13.5 Å². The van der Waals surface area contributed by atoms with Crippen molar-refractivity contribution in [2.24, 2.45) is 7.05 Å². The number of nitrogens with zero attached hydrogens (tertiary/aromatic N) is 3. The van der Waals surface area contributed by atoms with Gasteiger partial charge in [-0.3, -0.25) is 4.68 Å². The molecule has 17 heavy (non-hydrogen) atoms. The van der Waals surface area contributed by atoms with E-state index >= 15 is 0 Å². The van der Waals surface area contributed by atoms with Crippen LogP contribution in [0.25, 0.3) is 11.0 Å². The van der Waals surface area contributed by atoms with E-state index in [1.807, 2.05) is 18.8 Å². The zero-order chi connectivity index (χ0) is 12.4. The molecule has 0 bridgehead atoms. The lowest BCUT2D eigenvalue weighted by molar-refractivity contribution is 0.774. The summed E-state index contributed by atoms with van der Waals surface area (Å²) in [4.78, 5) is 4.57. The summed E-state index contributed by atoms with van der Waals surface area (Å²) in [7, 11) is 3.85. The minimum atomic E-state index is 0.923. The van der Waals surface area contributed by atoms with Crippen molar-refractivity contribution >= 4 is 16.9 Å². The molecule has 4 heteroatoms. The monoisotopic (exact) mass is 232 g/mol. The Kier molecular flexibility index (Phi) is 3.31. The van der Waals surface area contributed by atoms with Crippen molar-refractivity contribution in [3.63, 3.8) is 0 Å². The second kappa shape index (κ2) is 4.73. The van der Waals surface area contributed by atoms with Crippen molar-refractivity contribution in [3.05, 3.63) is 17.3 Å². The maximum atomic E-state index is 4.57. The van der Waals surface area contributed by atoms with Crippen LogP contribution in [0.2, 0.25) is 0 Å². The SMILES string of the molecule is CCCCc1cc(NC)nc2c1c(C)nn2C. The summed E-state index contributed by atoms with van der Waals surface area (Å²) < 4.78 is 1.86. The van der Waals surface area contributed by atoms with E-state index in [2.05, 4.69) is 35.3 Å². The molecule has 0 unspecified atom stereocenters. The Bertz CT molecular complexity index is 528. The first-order valence-corrected chi connectivity index (χ1v) is 6.18. The van der Waals surface area contributed by atoms with Gasteiger partial charge in [-0.1, -0.05) is 13.3 Å². The first-order valence-electron chi connectivity index (χ1n) is 6.18. The Morgan fingerprint density at radius 2 is 2.18 bits per heavy atom. The second-order valence-electron chi connectivity index (χ2n) is 4.43. The van der Waals surface area contributed by atoms with Gasteiger partial charge in [-0.15, -0.1) is 0 Å². The number of anilines is 1. The van der Waals surface area contributed by atoms with E-state index in [9.17, 15) is 0 Å². The zero-order valence-corrected chi connectivity index (χ0v) is 11.0. The molecule has 92 valence electrons. The van der Waals surface area contributed by atoms with Gasteiger partial charge in [0.2, 0.25) is 0 Å². The fourth-order valence-corrected chi connectivity index (χ4v) is 2.23. The molecule has 0 spiro atoms. The van der Waals surface area contributed by atoms with Crippen LogP contribution in [0.15, 0.2) is 6.07 Å². The fraction of sp³-hybridized carbons (Fsp3) is 0.538. The van der Waals surface area contributed by atoms with Gasteiger partial charge in [-0.25, -0.2) is 4.98 Å². The summed E-state index contributed by atoms with van der Waals surface area (Å²) in [6, 6.07) is 2.15. The van der Waals surface area contributed by atoms with Crippen molar-refractivity contribution in [1.82, 2.24) is 14.8 Å². The van der Waals surface area contributed by atoms with E-state index in [0.29, 0.717) is 0 Å². The topological polar surface area (TPSA) is 42.7 Å². The number of aromatic nitrogens is 3. The average Bonchev–Trinajstić information content (AvgIpc) is 2.62. The van der Waals surface area contributed by atoms with Crippen LogP contribution in [0, 0.1) is 6.92 Å². The van der Waals surface area contributed by atoms with Gasteiger partial charge in [0.1, 0.15) is 5.82 Å². The summed E-state index contributed by atoms with van der Waals surface area (Å²) in [6.07, 6.45) is 3.51. The van der Waals surface area contributed by atoms with Gasteiger partial charge >= 0.3 is 0 Å². The van der Waals surface area contributed by atoms with Crippen molar-refractivity contribution in [3.8, 4) is 0 Å². The Morgan fingerprint density at radius 3 is 2.82 bits per heavy atom. The molecule has 0 aliphatic carbocycles. The largest absolute Gasteiger partial charge is 0.373 e. The van der Waals surface area contributed by atoms with Crippen LogP contribution >= 0.6 is 0 Å². The first kappa shape index (κ1) is 11.9. The molecule has 1 N–H and O–H groups in total. The van der Waals surface area contributed by atoms with Crippen molar-refractivity contribution < 1.29 is 0 Å². The van der Waals surface area contributed by atoms with Crippen LogP contribution in [0.5, 0.6) is 0 Å². The molecular weight excluding hydrogens is 212 g/mol. The van der Waals surface area contributed by atoms with E-state index in [-0.39, 0.29) is 0 Å². The quantitative estimate of drug-likeness (QED) is 0.881. The molecular formula is C13H20N4. The van der Waals surface area contributed by atoms with Crippen molar-refractivity contribution in [1.29, 1.82) is 0 Å². The molecule has 0 aliphatic rings. The molecule has 4 nitrogen and oxygen atoms in total. The predicted molar refractivity (Wildman–Crippen MR) is 71.4 cm³/mol. The minimum absolute atomic E-state index is 0.923. The first-order chi connectivity index (χ1) is 8.17. The number of nitrogens with one attached hydrogen (secondary N) is 1. The molecule has 0 aliphatic heterocycles. The van der Waals surface area contributed by atoms with Gasteiger partial charge in [0.05, 0.1) is 5.69 Å². The van der Waals surface area contributed by atoms with Crippen molar-refractivity contribution in [2.75, 3.05) is 12.4 Å². The summed E-state index contributed by atoms with van der Waals surface area (Å²) in [5.41, 5.74) is 3.40. The number of hydrogen-bond donors (Lipinski definition) is 1. The van der Waals surface area contributed by atoms with Crippen LogP contribution in [0.1, 0.15) is 31.0 Å². The molecule has 2 aromatic heterocycles. The maximum Gasteiger partial charge on any atom is 0.160 e. The summed E-state index contributed by atoms with van der Waals surface area (Å²) in [5.74, 6) is 0.923. The number of hydrogen-bond acceptors (Lipinski definition) is 3. The average molecular weight is 232 g/mol. The number of unbranched alkanes of at least 4 members (excludes halogenated alkanes) is 1. The van der Waals surface area contributed by atoms with E-state index in [1.165, 1.54) is 23.8 Å². The third-order valence-electron chi connectivity index (χ3n) is 3.11. The van der Waals surface area contributed by atoms with E-state index in [4.69, 9.17) is 0 Å². The summed E-state index contributed by atoms with van der Waals surface area (Å²) in [5, 5.41) is 8.80. The smallest absolute Gasteiger partial charge is 0.160 e. The Balaban J connectivity index is 2.61. The molecule has 0 fully saturated rings. The minimum Gasteiger partial charge on any atom is -0.373 e. The van der Waals surface area contributed by atoms with Crippen LogP contribution in [-0.4, -0.2) is 21.8 Å². The summed E-state index contributed by atoms with van der Waals surface area (Å²) in [6.45, 7) is 4.27.